The van der Waals surface area contributed by atoms with E-state index in [1.165, 1.54) is 26.2 Å². The second kappa shape index (κ2) is 6.79. The smallest absolute Gasteiger partial charge is 0.227 e. The largest absolute Gasteiger partial charge is 0.490 e. The van der Waals surface area contributed by atoms with Crippen LogP contribution in [0.5, 0.6) is 5.75 Å². The van der Waals surface area contributed by atoms with Gasteiger partial charge in [-0.1, -0.05) is 0 Å². The van der Waals surface area contributed by atoms with Crippen molar-refractivity contribution in [2.24, 2.45) is 11.8 Å². The maximum absolute atomic E-state index is 11.8. The number of fused-ring (bicyclic) bond motifs is 5. The van der Waals surface area contributed by atoms with Crippen LogP contribution in [0.25, 0.3) is 0 Å². The topological polar surface area (TPSA) is 54.7 Å². The van der Waals surface area contributed by atoms with Crippen LogP contribution in [0.2, 0.25) is 0 Å². The Morgan fingerprint density at radius 3 is 2.45 bits per heavy atom. The van der Waals surface area contributed by atoms with E-state index in [0.717, 1.165) is 37.2 Å². The lowest BCUT2D eigenvalue weighted by atomic mass is 9.82. The van der Waals surface area contributed by atoms with Crippen molar-refractivity contribution in [1.82, 2.24) is 10.2 Å². The predicted octanol–water partition coefficient (Wildman–Crippen LogP) is 1.67. The normalized spacial score (nSPS) is 32.2. The Balaban J connectivity index is 0.000000882. The standard InChI is InChI=1S/C15H20N2O3.2ClH/c1-19-15-8-20-9(4-14(15)18)7-17-12-2-3-13(17)11-6-16-5-10(11)12;;/h4,8,10-13,16H,2-3,5-7H2,1H3;2*1H/t10-,11+,12-,13+;;. The number of nitrogens with zero attached hydrogens (tertiary/aromatic N) is 1. The van der Waals surface area contributed by atoms with Crippen LogP contribution in [0.1, 0.15) is 18.6 Å². The molecule has 4 rings (SSSR count). The molecule has 5 nitrogen and oxygen atoms in total. The maximum atomic E-state index is 11.8. The SMILES string of the molecule is COc1coc(CN2[C@@H]3CC[C@H]2[C@H]2CNC[C@H]23)cc1=O.Cl.Cl. The summed E-state index contributed by atoms with van der Waals surface area (Å²) in [5, 5.41) is 3.52. The lowest BCUT2D eigenvalue weighted by molar-refractivity contribution is 0.199. The minimum atomic E-state index is -0.0952. The monoisotopic (exact) mass is 348 g/mol. The van der Waals surface area contributed by atoms with E-state index in [4.69, 9.17) is 9.15 Å². The summed E-state index contributed by atoms with van der Waals surface area (Å²) in [5.41, 5.74) is -0.0952. The summed E-state index contributed by atoms with van der Waals surface area (Å²) in [5.74, 6) is 2.61. The second-order valence-electron chi connectivity index (χ2n) is 6.15. The number of ether oxygens (including phenoxy) is 1. The van der Waals surface area contributed by atoms with Crippen LogP contribution in [0.3, 0.4) is 0 Å². The number of hydrogen-bond donors (Lipinski definition) is 1. The first-order valence-corrected chi connectivity index (χ1v) is 7.40. The maximum Gasteiger partial charge on any atom is 0.227 e. The molecule has 0 aliphatic carbocycles. The molecule has 1 aromatic rings. The van der Waals surface area contributed by atoms with Gasteiger partial charge in [0.15, 0.2) is 0 Å². The summed E-state index contributed by atoms with van der Waals surface area (Å²) in [4.78, 5) is 14.4. The highest BCUT2D eigenvalue weighted by Gasteiger charge is 2.54. The summed E-state index contributed by atoms with van der Waals surface area (Å²) >= 11 is 0. The zero-order valence-electron chi connectivity index (χ0n) is 12.5. The van der Waals surface area contributed by atoms with Gasteiger partial charge < -0.3 is 14.5 Å². The minimum absolute atomic E-state index is 0. The Morgan fingerprint density at radius 1 is 1.27 bits per heavy atom. The molecule has 0 unspecified atom stereocenters. The molecule has 0 saturated carbocycles. The van der Waals surface area contributed by atoms with Crippen molar-refractivity contribution in [1.29, 1.82) is 0 Å². The van der Waals surface area contributed by atoms with E-state index >= 15 is 0 Å². The van der Waals surface area contributed by atoms with Gasteiger partial charge in [-0.2, -0.15) is 0 Å². The number of halogens is 2. The Bertz CT molecular complexity index is 562. The number of hydrogen-bond acceptors (Lipinski definition) is 5. The molecule has 3 saturated heterocycles. The fourth-order valence-electron chi connectivity index (χ4n) is 4.49. The fourth-order valence-corrected chi connectivity index (χ4v) is 4.49. The number of rotatable bonds is 3. The lowest BCUT2D eigenvalue weighted by Gasteiger charge is -2.23. The van der Waals surface area contributed by atoms with Gasteiger partial charge >= 0.3 is 0 Å². The number of methoxy groups -OCH3 is 1. The molecule has 3 aliphatic heterocycles. The molecule has 22 heavy (non-hydrogen) atoms. The zero-order valence-corrected chi connectivity index (χ0v) is 14.1. The van der Waals surface area contributed by atoms with E-state index < -0.39 is 0 Å². The highest BCUT2D eigenvalue weighted by molar-refractivity contribution is 5.85. The van der Waals surface area contributed by atoms with Crippen LogP contribution in [0, 0.1) is 11.8 Å². The Morgan fingerprint density at radius 2 is 1.91 bits per heavy atom. The quantitative estimate of drug-likeness (QED) is 0.900. The molecule has 7 heteroatoms. The zero-order chi connectivity index (χ0) is 13.7. The predicted molar refractivity (Wildman–Crippen MR) is 88.2 cm³/mol. The Hall–Kier alpha value is -0.750. The van der Waals surface area contributed by atoms with Gasteiger partial charge in [0.25, 0.3) is 0 Å². The molecule has 3 aliphatic rings. The van der Waals surface area contributed by atoms with Gasteiger partial charge in [0.2, 0.25) is 11.2 Å². The molecule has 0 amide bonds. The van der Waals surface area contributed by atoms with Crippen LogP contribution in [0.15, 0.2) is 21.5 Å². The molecule has 0 spiro atoms. The third-order valence-electron chi connectivity index (χ3n) is 5.32. The third kappa shape index (κ3) is 2.64. The number of nitrogens with one attached hydrogen (secondary N) is 1. The molecule has 1 N–H and O–H groups in total. The minimum Gasteiger partial charge on any atom is -0.490 e. The molecule has 4 atom stereocenters. The summed E-state index contributed by atoms with van der Waals surface area (Å²) in [7, 11) is 1.49. The Labute approximate surface area is 142 Å². The van der Waals surface area contributed by atoms with Crippen molar-refractivity contribution in [3.63, 3.8) is 0 Å². The molecular formula is C15H22Cl2N2O3. The van der Waals surface area contributed by atoms with Crippen molar-refractivity contribution >= 4 is 24.8 Å². The molecule has 1 aromatic heterocycles. The molecule has 0 aromatic carbocycles. The molecule has 3 fully saturated rings. The van der Waals surface area contributed by atoms with E-state index in [-0.39, 0.29) is 36.0 Å². The van der Waals surface area contributed by atoms with Crippen molar-refractivity contribution in [2.75, 3.05) is 20.2 Å². The van der Waals surface area contributed by atoms with Crippen molar-refractivity contribution in [3.05, 3.63) is 28.3 Å². The van der Waals surface area contributed by atoms with Crippen LogP contribution >= 0.6 is 24.8 Å². The fraction of sp³-hybridized carbons (Fsp3) is 0.667. The molecule has 124 valence electrons. The summed E-state index contributed by atoms with van der Waals surface area (Å²) < 4.78 is 10.5. The van der Waals surface area contributed by atoms with Gasteiger partial charge in [-0.3, -0.25) is 9.69 Å². The summed E-state index contributed by atoms with van der Waals surface area (Å²) in [6.45, 7) is 3.05. The second-order valence-corrected chi connectivity index (χ2v) is 6.15. The average Bonchev–Trinajstić information content (AvgIpc) is 3.11. The Kier molecular flexibility index (Phi) is 5.43. The van der Waals surface area contributed by atoms with Gasteiger partial charge in [-0.05, 0) is 37.8 Å². The van der Waals surface area contributed by atoms with E-state index in [0.29, 0.717) is 12.1 Å². The van der Waals surface area contributed by atoms with Gasteiger partial charge in [0.05, 0.1) is 13.7 Å². The van der Waals surface area contributed by atoms with Crippen molar-refractivity contribution in [3.8, 4) is 5.75 Å². The summed E-state index contributed by atoms with van der Waals surface area (Å²) in [6, 6.07) is 2.89. The van der Waals surface area contributed by atoms with Crippen LogP contribution < -0.4 is 15.5 Å². The van der Waals surface area contributed by atoms with Crippen molar-refractivity contribution in [2.45, 2.75) is 31.5 Å². The molecule has 4 heterocycles. The van der Waals surface area contributed by atoms with Gasteiger partial charge in [-0.25, -0.2) is 0 Å². The molecular weight excluding hydrogens is 327 g/mol. The average molecular weight is 349 g/mol. The van der Waals surface area contributed by atoms with Crippen LogP contribution in [0.4, 0.5) is 0 Å². The molecule has 2 bridgehead atoms. The highest BCUT2D eigenvalue weighted by atomic mass is 35.5. The first-order valence-electron chi connectivity index (χ1n) is 7.40. The highest BCUT2D eigenvalue weighted by Crippen LogP contribution is 2.47. The van der Waals surface area contributed by atoms with Crippen LogP contribution in [-0.4, -0.2) is 37.2 Å². The van der Waals surface area contributed by atoms with E-state index in [2.05, 4.69) is 10.2 Å². The van der Waals surface area contributed by atoms with Gasteiger partial charge in [0, 0.05) is 18.2 Å². The van der Waals surface area contributed by atoms with E-state index in [1.807, 2.05) is 0 Å². The van der Waals surface area contributed by atoms with Crippen molar-refractivity contribution < 1.29 is 9.15 Å². The summed E-state index contributed by atoms with van der Waals surface area (Å²) in [6.07, 6.45) is 4.00. The van der Waals surface area contributed by atoms with Crippen LogP contribution in [-0.2, 0) is 6.54 Å². The van der Waals surface area contributed by atoms with E-state index in [9.17, 15) is 4.79 Å². The van der Waals surface area contributed by atoms with Gasteiger partial charge in [-0.15, -0.1) is 24.8 Å². The lowest BCUT2D eigenvalue weighted by Crippen LogP contribution is -2.33. The third-order valence-corrected chi connectivity index (χ3v) is 5.32. The molecule has 0 radical (unpaired) electrons. The van der Waals surface area contributed by atoms with E-state index in [1.54, 1.807) is 6.07 Å². The van der Waals surface area contributed by atoms with Gasteiger partial charge in [0.1, 0.15) is 12.0 Å². The first kappa shape index (κ1) is 17.6. The first-order chi connectivity index (χ1) is 9.78.